The van der Waals surface area contributed by atoms with Crippen LogP contribution in [0.2, 0.25) is 0 Å². The molecule has 5 nitrogen and oxygen atoms in total. The van der Waals surface area contributed by atoms with Gasteiger partial charge in [0.1, 0.15) is 12.4 Å². The Bertz CT molecular complexity index is 645. The fourth-order valence-corrected chi connectivity index (χ4v) is 4.03. The van der Waals surface area contributed by atoms with Crippen molar-refractivity contribution < 1.29 is 31.1 Å². The highest BCUT2D eigenvalue weighted by Crippen LogP contribution is 2.10. The molecular formula is C27H48BrN3O2. The minimum atomic E-state index is 0. The normalized spacial score (nSPS) is 10.6. The first-order chi connectivity index (χ1) is 15.6. The van der Waals surface area contributed by atoms with Crippen molar-refractivity contribution in [3.8, 4) is 0 Å². The lowest BCUT2D eigenvalue weighted by molar-refractivity contribution is -0.696. The summed E-state index contributed by atoms with van der Waals surface area (Å²) in [5, 5.41) is 0. The van der Waals surface area contributed by atoms with Crippen LogP contribution < -0.4 is 21.5 Å². The number of amides is 1. The third kappa shape index (κ3) is 15.9. The molecule has 0 fully saturated rings. The summed E-state index contributed by atoms with van der Waals surface area (Å²) in [6.07, 6.45) is 24.0. The predicted molar refractivity (Wildman–Crippen MR) is 132 cm³/mol. The van der Waals surface area contributed by atoms with Gasteiger partial charge in [0.25, 0.3) is 0 Å². The van der Waals surface area contributed by atoms with Crippen LogP contribution in [0.25, 0.3) is 0 Å². The van der Waals surface area contributed by atoms with Crippen LogP contribution in [0.5, 0.6) is 0 Å². The first-order valence-corrected chi connectivity index (χ1v) is 13.1. The van der Waals surface area contributed by atoms with E-state index < -0.39 is 0 Å². The quantitative estimate of drug-likeness (QED) is 0.141. The SMILES string of the molecule is C=CC(=O)CCCCN(CC)C(=O)CCn1cc[n+](CCCCCCCCCCCC)c1.[Br-]. The molecule has 1 rings (SSSR count). The maximum absolute atomic E-state index is 12.5. The number of halogens is 1. The van der Waals surface area contributed by atoms with Crippen LogP contribution >= 0.6 is 0 Å². The lowest BCUT2D eigenvalue weighted by atomic mass is 10.1. The van der Waals surface area contributed by atoms with E-state index in [0.29, 0.717) is 12.8 Å². The number of allylic oxidation sites excluding steroid dienone is 1. The molecule has 0 N–H and O–H groups in total. The summed E-state index contributed by atoms with van der Waals surface area (Å²) < 4.78 is 4.36. The molecule has 6 heteroatoms. The van der Waals surface area contributed by atoms with Crippen molar-refractivity contribution in [1.82, 2.24) is 9.47 Å². The topological polar surface area (TPSA) is 46.2 Å². The van der Waals surface area contributed by atoms with Crippen molar-refractivity contribution in [2.24, 2.45) is 0 Å². The molecule has 0 aliphatic carbocycles. The van der Waals surface area contributed by atoms with Crippen molar-refractivity contribution in [1.29, 1.82) is 0 Å². The Morgan fingerprint density at radius 2 is 1.55 bits per heavy atom. The number of imidazole rings is 1. The fourth-order valence-electron chi connectivity index (χ4n) is 4.03. The molecule has 0 bridgehead atoms. The molecule has 0 aromatic carbocycles. The van der Waals surface area contributed by atoms with E-state index in [9.17, 15) is 9.59 Å². The molecule has 0 spiro atoms. The molecule has 1 aromatic heterocycles. The highest BCUT2D eigenvalue weighted by molar-refractivity contribution is 5.88. The number of unbranched alkanes of at least 4 members (excludes halogenated alkanes) is 10. The van der Waals surface area contributed by atoms with E-state index in [4.69, 9.17) is 0 Å². The van der Waals surface area contributed by atoms with Crippen LogP contribution in [0.15, 0.2) is 31.4 Å². The van der Waals surface area contributed by atoms with Gasteiger partial charge in [-0.05, 0) is 38.7 Å². The zero-order valence-corrected chi connectivity index (χ0v) is 22.9. The minimum Gasteiger partial charge on any atom is -1.00 e. The summed E-state index contributed by atoms with van der Waals surface area (Å²) in [6, 6.07) is 0. The second kappa shape index (κ2) is 21.1. The van der Waals surface area contributed by atoms with Gasteiger partial charge in [0.15, 0.2) is 5.78 Å². The van der Waals surface area contributed by atoms with Gasteiger partial charge in [-0.25, -0.2) is 9.13 Å². The number of hydrogen-bond donors (Lipinski definition) is 0. The van der Waals surface area contributed by atoms with Crippen molar-refractivity contribution in [3.63, 3.8) is 0 Å². The molecular weight excluding hydrogens is 478 g/mol. The summed E-state index contributed by atoms with van der Waals surface area (Å²) in [5.41, 5.74) is 0. The van der Waals surface area contributed by atoms with Crippen molar-refractivity contribution in [2.75, 3.05) is 13.1 Å². The Hall–Kier alpha value is -1.43. The van der Waals surface area contributed by atoms with Gasteiger partial charge in [-0.2, -0.15) is 0 Å². The highest BCUT2D eigenvalue weighted by Gasteiger charge is 2.13. The third-order valence-corrected chi connectivity index (χ3v) is 6.16. The summed E-state index contributed by atoms with van der Waals surface area (Å²) >= 11 is 0. The number of rotatable bonds is 21. The molecule has 0 atom stereocenters. The lowest BCUT2D eigenvalue weighted by Crippen LogP contribution is -3.00. The molecule has 0 aliphatic heterocycles. The summed E-state index contributed by atoms with van der Waals surface area (Å²) in [7, 11) is 0. The van der Waals surface area contributed by atoms with Crippen LogP contribution in [0, 0.1) is 0 Å². The molecule has 0 saturated carbocycles. The number of ketones is 1. The predicted octanol–water partition coefficient (Wildman–Crippen LogP) is 2.86. The van der Waals surface area contributed by atoms with Gasteiger partial charge in [0.05, 0.1) is 19.5 Å². The Kier molecular flexibility index (Phi) is 20.2. The Labute approximate surface area is 213 Å². The maximum atomic E-state index is 12.5. The summed E-state index contributed by atoms with van der Waals surface area (Å²) in [6.45, 7) is 11.0. The molecule has 1 amide bonds. The molecule has 1 aromatic rings. The van der Waals surface area contributed by atoms with E-state index >= 15 is 0 Å². The third-order valence-electron chi connectivity index (χ3n) is 6.16. The number of aromatic nitrogens is 2. The number of aryl methyl sites for hydroxylation is 2. The van der Waals surface area contributed by atoms with Gasteiger partial charge in [-0.3, -0.25) is 9.59 Å². The number of carbonyl (C=O) groups excluding carboxylic acids is 2. The minimum absolute atomic E-state index is 0. The molecule has 190 valence electrons. The molecule has 0 unspecified atom stereocenters. The summed E-state index contributed by atoms with van der Waals surface area (Å²) in [5.74, 6) is 0.274. The second-order valence-electron chi connectivity index (χ2n) is 8.92. The van der Waals surface area contributed by atoms with E-state index in [1.807, 2.05) is 11.8 Å². The maximum Gasteiger partial charge on any atom is 0.243 e. The smallest absolute Gasteiger partial charge is 0.243 e. The van der Waals surface area contributed by atoms with E-state index in [2.05, 4.69) is 41.4 Å². The fraction of sp³-hybridized carbons (Fsp3) is 0.741. The van der Waals surface area contributed by atoms with Gasteiger partial charge in [0, 0.05) is 19.5 Å². The van der Waals surface area contributed by atoms with Crippen LogP contribution in [0.4, 0.5) is 0 Å². The average molecular weight is 527 g/mol. The van der Waals surface area contributed by atoms with Crippen LogP contribution in [-0.2, 0) is 22.7 Å². The monoisotopic (exact) mass is 525 g/mol. The van der Waals surface area contributed by atoms with Crippen LogP contribution in [0.1, 0.15) is 104 Å². The van der Waals surface area contributed by atoms with Gasteiger partial charge in [-0.15, -0.1) is 0 Å². The van der Waals surface area contributed by atoms with E-state index in [1.165, 1.54) is 70.3 Å². The average Bonchev–Trinajstić information content (AvgIpc) is 3.26. The lowest BCUT2D eigenvalue weighted by Gasteiger charge is -2.20. The van der Waals surface area contributed by atoms with Gasteiger partial charge < -0.3 is 21.9 Å². The number of hydrogen-bond acceptors (Lipinski definition) is 2. The molecule has 1 heterocycles. The van der Waals surface area contributed by atoms with Gasteiger partial charge >= 0.3 is 0 Å². The zero-order valence-electron chi connectivity index (χ0n) is 21.3. The molecule has 0 aliphatic rings. The molecule has 0 radical (unpaired) electrons. The standard InChI is InChI=1S/C27H48N3O2.BrH/c1-4-7-8-9-10-11-12-13-14-16-20-28-23-24-29(25-28)22-19-27(32)30(6-3)21-17-15-18-26(31)5-2;/h5,23-25H,2,4,6-22H2,1,3H3;1H/q+1;/p-1. The van der Waals surface area contributed by atoms with E-state index in [1.54, 1.807) is 0 Å². The Morgan fingerprint density at radius 3 is 2.15 bits per heavy atom. The van der Waals surface area contributed by atoms with E-state index in [-0.39, 0.29) is 28.7 Å². The molecule has 33 heavy (non-hydrogen) atoms. The number of carbonyl (C=O) groups is 2. The first-order valence-electron chi connectivity index (χ1n) is 13.1. The van der Waals surface area contributed by atoms with Crippen LogP contribution in [0.3, 0.4) is 0 Å². The second-order valence-corrected chi connectivity index (χ2v) is 8.92. The van der Waals surface area contributed by atoms with Gasteiger partial charge in [-0.1, -0.05) is 64.9 Å². The van der Waals surface area contributed by atoms with E-state index in [0.717, 1.165) is 39.0 Å². The highest BCUT2D eigenvalue weighted by atomic mass is 79.9. The Balaban J connectivity index is 0.0000102. The Morgan fingerprint density at radius 1 is 0.909 bits per heavy atom. The summed E-state index contributed by atoms with van der Waals surface area (Å²) in [4.78, 5) is 25.7. The van der Waals surface area contributed by atoms with Crippen molar-refractivity contribution in [3.05, 3.63) is 31.4 Å². The molecule has 0 saturated heterocycles. The zero-order chi connectivity index (χ0) is 23.4. The van der Waals surface area contributed by atoms with Crippen LogP contribution in [-0.4, -0.2) is 34.2 Å². The first kappa shape index (κ1) is 31.6. The largest absolute Gasteiger partial charge is 1.00 e. The van der Waals surface area contributed by atoms with Crippen molar-refractivity contribution in [2.45, 2.75) is 117 Å². The van der Waals surface area contributed by atoms with Gasteiger partial charge in [0.2, 0.25) is 12.2 Å². The van der Waals surface area contributed by atoms with Crippen molar-refractivity contribution >= 4 is 11.7 Å². The number of nitrogens with zero attached hydrogens (tertiary/aromatic N) is 3.